The summed E-state index contributed by atoms with van der Waals surface area (Å²) in [4.78, 5) is 0. The van der Waals surface area contributed by atoms with Gasteiger partial charge in [0.15, 0.2) is 0 Å². The molecule has 0 aliphatic heterocycles. The van der Waals surface area contributed by atoms with Crippen molar-refractivity contribution in [2.45, 2.75) is 19.3 Å². The van der Waals surface area contributed by atoms with Crippen LogP contribution in [0, 0.1) is 0 Å². The molecule has 0 heterocycles. The molecule has 1 aliphatic carbocycles. The van der Waals surface area contributed by atoms with Crippen molar-refractivity contribution >= 4 is 21.5 Å². The fourth-order valence-corrected chi connectivity index (χ4v) is 6.13. The fourth-order valence-electron chi connectivity index (χ4n) is 6.13. The zero-order chi connectivity index (χ0) is 23.6. The molecule has 7 rings (SSSR count). The molecule has 35 heavy (non-hydrogen) atoms. The number of hydrogen-bond acceptors (Lipinski definition) is 0. The second kappa shape index (κ2) is 7.42. The third-order valence-electron chi connectivity index (χ3n) is 7.86. The van der Waals surface area contributed by atoms with Gasteiger partial charge in [-0.15, -0.1) is 0 Å². The quantitative estimate of drug-likeness (QED) is 0.248. The normalized spacial score (nSPS) is 13.7. The second-order valence-electron chi connectivity index (χ2n) is 10.1. The topological polar surface area (TPSA) is 0 Å². The molecule has 0 saturated carbocycles. The summed E-state index contributed by atoms with van der Waals surface area (Å²) in [6.07, 6.45) is 0. The van der Waals surface area contributed by atoms with Crippen molar-refractivity contribution in [3.63, 3.8) is 0 Å². The van der Waals surface area contributed by atoms with E-state index in [0.717, 1.165) is 0 Å². The monoisotopic (exact) mass is 446 g/mol. The molecule has 0 saturated heterocycles. The minimum atomic E-state index is -0.105. The standard InChI is InChI=1S/C35H26/c1-35(2)31-21-29(23-13-5-3-6-14-23)25-17-9-11-19-27(25)33(31)34-28-20-12-10-18-26(28)30(22-32(34)35)24-15-7-4-8-16-24/h3-22H,1-2H3. The summed E-state index contributed by atoms with van der Waals surface area (Å²) < 4.78 is 0. The second-order valence-corrected chi connectivity index (χ2v) is 10.1. The molecule has 0 unspecified atom stereocenters. The maximum atomic E-state index is 2.46. The zero-order valence-electron chi connectivity index (χ0n) is 20.0. The lowest BCUT2D eigenvalue weighted by atomic mass is 9.79. The van der Waals surface area contributed by atoms with Crippen LogP contribution in [0.2, 0.25) is 0 Å². The Kier molecular flexibility index (Phi) is 4.29. The first-order chi connectivity index (χ1) is 17.1. The van der Waals surface area contributed by atoms with Crippen LogP contribution in [0.1, 0.15) is 25.0 Å². The summed E-state index contributed by atoms with van der Waals surface area (Å²) in [7, 11) is 0. The highest BCUT2D eigenvalue weighted by atomic mass is 14.4. The Balaban J connectivity index is 1.64. The van der Waals surface area contributed by atoms with E-state index in [-0.39, 0.29) is 5.41 Å². The van der Waals surface area contributed by atoms with E-state index in [2.05, 4.69) is 135 Å². The predicted octanol–water partition coefficient (Wildman–Crippen LogP) is 9.63. The van der Waals surface area contributed by atoms with Crippen LogP contribution in [0.3, 0.4) is 0 Å². The lowest BCUT2D eigenvalue weighted by Gasteiger charge is -2.24. The molecule has 0 bridgehead atoms. The number of benzene rings is 6. The Morgan fingerprint density at radius 1 is 0.400 bits per heavy atom. The smallest absolute Gasteiger partial charge is 0.0159 e. The van der Waals surface area contributed by atoms with E-state index in [1.54, 1.807) is 0 Å². The summed E-state index contributed by atoms with van der Waals surface area (Å²) in [5.41, 5.74) is 10.7. The molecule has 0 fully saturated rings. The molecule has 0 nitrogen and oxygen atoms in total. The van der Waals surface area contributed by atoms with Gasteiger partial charge in [0, 0.05) is 5.41 Å². The van der Waals surface area contributed by atoms with E-state index in [4.69, 9.17) is 0 Å². The van der Waals surface area contributed by atoms with Gasteiger partial charge in [-0.1, -0.05) is 123 Å². The van der Waals surface area contributed by atoms with E-state index in [1.165, 1.54) is 66.1 Å². The average Bonchev–Trinajstić information content (AvgIpc) is 3.15. The van der Waals surface area contributed by atoms with E-state index < -0.39 is 0 Å². The first kappa shape index (κ1) is 20.2. The fraction of sp³-hybridized carbons (Fsp3) is 0.0857. The lowest BCUT2D eigenvalue weighted by molar-refractivity contribution is 0.661. The molecule has 0 heteroatoms. The van der Waals surface area contributed by atoms with Crippen molar-refractivity contribution in [3.8, 4) is 33.4 Å². The molecule has 6 aromatic rings. The van der Waals surface area contributed by atoms with Gasteiger partial charge in [0.25, 0.3) is 0 Å². The van der Waals surface area contributed by atoms with E-state index in [0.29, 0.717) is 0 Å². The Hall–Kier alpha value is -4.16. The van der Waals surface area contributed by atoms with Gasteiger partial charge in [0.1, 0.15) is 0 Å². The van der Waals surface area contributed by atoms with Crippen molar-refractivity contribution in [1.29, 1.82) is 0 Å². The summed E-state index contributed by atoms with van der Waals surface area (Å²) in [6.45, 7) is 4.79. The maximum absolute atomic E-state index is 2.46. The van der Waals surface area contributed by atoms with Crippen LogP contribution in [-0.4, -0.2) is 0 Å². The SMILES string of the molecule is CC1(C)c2cc(-c3ccccc3)c3ccccc3c2-c2c1cc(-c1ccccc1)c1ccccc21. The van der Waals surface area contributed by atoms with Crippen LogP contribution in [0.15, 0.2) is 121 Å². The summed E-state index contributed by atoms with van der Waals surface area (Å²) in [5, 5.41) is 5.32. The molecule has 0 amide bonds. The molecular formula is C35H26. The van der Waals surface area contributed by atoms with Gasteiger partial charge in [0.05, 0.1) is 0 Å². The summed E-state index contributed by atoms with van der Waals surface area (Å²) >= 11 is 0. The molecule has 6 aromatic carbocycles. The van der Waals surface area contributed by atoms with Gasteiger partial charge >= 0.3 is 0 Å². The highest BCUT2D eigenvalue weighted by molar-refractivity contribution is 6.16. The Morgan fingerprint density at radius 3 is 1.14 bits per heavy atom. The Bertz CT molecular complexity index is 1610. The van der Waals surface area contributed by atoms with Crippen LogP contribution in [0.4, 0.5) is 0 Å². The van der Waals surface area contributed by atoms with E-state index in [9.17, 15) is 0 Å². The van der Waals surface area contributed by atoms with Gasteiger partial charge in [-0.25, -0.2) is 0 Å². The van der Waals surface area contributed by atoms with Crippen LogP contribution in [0.25, 0.3) is 54.9 Å². The minimum Gasteiger partial charge on any atom is -0.0622 e. The zero-order valence-corrected chi connectivity index (χ0v) is 20.0. The Labute approximate surface area is 206 Å². The van der Waals surface area contributed by atoms with Gasteiger partial charge in [0.2, 0.25) is 0 Å². The number of fused-ring (bicyclic) bond motifs is 7. The van der Waals surface area contributed by atoms with Gasteiger partial charge in [-0.2, -0.15) is 0 Å². The van der Waals surface area contributed by atoms with Crippen LogP contribution in [-0.2, 0) is 5.41 Å². The lowest BCUT2D eigenvalue weighted by Crippen LogP contribution is -2.15. The molecular weight excluding hydrogens is 420 g/mol. The van der Waals surface area contributed by atoms with Crippen molar-refractivity contribution in [3.05, 3.63) is 132 Å². The first-order valence-electron chi connectivity index (χ1n) is 12.4. The van der Waals surface area contributed by atoms with Gasteiger partial charge in [-0.3, -0.25) is 0 Å². The highest BCUT2D eigenvalue weighted by Gasteiger charge is 2.39. The Morgan fingerprint density at radius 2 is 0.743 bits per heavy atom. The third-order valence-corrected chi connectivity index (χ3v) is 7.86. The molecule has 166 valence electrons. The number of rotatable bonds is 2. The van der Waals surface area contributed by atoms with Crippen molar-refractivity contribution in [1.82, 2.24) is 0 Å². The first-order valence-corrected chi connectivity index (χ1v) is 12.4. The third kappa shape index (κ3) is 2.87. The van der Waals surface area contributed by atoms with Gasteiger partial charge in [-0.05, 0) is 78.2 Å². The number of hydrogen-bond donors (Lipinski definition) is 0. The van der Waals surface area contributed by atoms with Crippen LogP contribution >= 0.6 is 0 Å². The van der Waals surface area contributed by atoms with Crippen LogP contribution < -0.4 is 0 Å². The van der Waals surface area contributed by atoms with Crippen LogP contribution in [0.5, 0.6) is 0 Å². The minimum absolute atomic E-state index is 0.105. The highest BCUT2D eigenvalue weighted by Crippen LogP contribution is 2.56. The molecule has 0 N–H and O–H groups in total. The van der Waals surface area contributed by atoms with Crippen molar-refractivity contribution in [2.24, 2.45) is 0 Å². The van der Waals surface area contributed by atoms with Crippen molar-refractivity contribution < 1.29 is 0 Å². The molecule has 0 spiro atoms. The van der Waals surface area contributed by atoms with Crippen molar-refractivity contribution in [2.75, 3.05) is 0 Å². The van der Waals surface area contributed by atoms with E-state index >= 15 is 0 Å². The predicted molar refractivity (Wildman–Crippen MR) is 150 cm³/mol. The largest absolute Gasteiger partial charge is 0.0622 e. The summed E-state index contributed by atoms with van der Waals surface area (Å²) in [5.74, 6) is 0. The molecule has 1 aliphatic rings. The molecule has 0 atom stereocenters. The van der Waals surface area contributed by atoms with E-state index in [1.807, 2.05) is 0 Å². The molecule has 0 radical (unpaired) electrons. The molecule has 0 aromatic heterocycles. The summed E-state index contributed by atoms with van der Waals surface area (Å²) in [6, 6.07) is 44.5. The average molecular weight is 447 g/mol. The maximum Gasteiger partial charge on any atom is 0.0159 e. The van der Waals surface area contributed by atoms with Gasteiger partial charge < -0.3 is 0 Å².